The van der Waals surface area contributed by atoms with Crippen molar-refractivity contribution in [1.29, 1.82) is 5.26 Å². The SMILES string of the molecule is C=CC(=C(\N)Cl)/C1=C(F)/C=C(/Cl)C(=C)NC(c2ccccc2C#N)N1. The van der Waals surface area contributed by atoms with Gasteiger partial charge in [0.1, 0.15) is 17.1 Å². The van der Waals surface area contributed by atoms with E-state index in [1.165, 1.54) is 6.08 Å². The smallest absolute Gasteiger partial charge is 0.148 e. The maximum Gasteiger partial charge on any atom is 0.148 e. The Balaban J connectivity index is 2.65. The van der Waals surface area contributed by atoms with Gasteiger partial charge in [-0.3, -0.25) is 0 Å². The first-order valence-electron chi connectivity index (χ1n) is 7.15. The van der Waals surface area contributed by atoms with E-state index in [9.17, 15) is 9.65 Å². The van der Waals surface area contributed by atoms with E-state index in [-0.39, 0.29) is 21.5 Å². The molecule has 7 heteroatoms. The molecule has 0 saturated heterocycles. The summed E-state index contributed by atoms with van der Waals surface area (Å²) in [4.78, 5) is 0. The van der Waals surface area contributed by atoms with E-state index in [2.05, 4.69) is 29.9 Å². The number of nitriles is 1. The minimum absolute atomic E-state index is 0.00149. The van der Waals surface area contributed by atoms with Crippen LogP contribution in [-0.2, 0) is 0 Å². The third kappa shape index (κ3) is 4.05. The third-order valence-electron chi connectivity index (χ3n) is 3.51. The Morgan fingerprint density at radius 2 is 2.04 bits per heavy atom. The third-order valence-corrected chi connectivity index (χ3v) is 4.05. The fourth-order valence-electron chi connectivity index (χ4n) is 2.29. The van der Waals surface area contributed by atoms with E-state index < -0.39 is 12.0 Å². The number of hydrogen-bond donors (Lipinski definition) is 3. The van der Waals surface area contributed by atoms with Crippen molar-refractivity contribution in [2.45, 2.75) is 6.17 Å². The quantitative estimate of drug-likeness (QED) is 0.546. The molecule has 25 heavy (non-hydrogen) atoms. The molecule has 128 valence electrons. The molecule has 2 rings (SSSR count). The van der Waals surface area contributed by atoms with Crippen molar-refractivity contribution < 1.29 is 4.39 Å². The molecule has 1 heterocycles. The van der Waals surface area contributed by atoms with Crippen molar-refractivity contribution in [3.8, 4) is 6.07 Å². The van der Waals surface area contributed by atoms with Gasteiger partial charge in [-0.25, -0.2) is 4.39 Å². The number of halogens is 3. The summed E-state index contributed by atoms with van der Waals surface area (Å²) in [5.41, 5.74) is 7.08. The lowest BCUT2D eigenvalue weighted by molar-refractivity contribution is 0.512. The molecule has 0 radical (unpaired) electrons. The van der Waals surface area contributed by atoms with Gasteiger partial charge in [-0.05, 0) is 12.1 Å². The summed E-state index contributed by atoms with van der Waals surface area (Å²) in [5.74, 6) is -0.689. The van der Waals surface area contributed by atoms with E-state index in [1.807, 2.05) is 0 Å². The maximum absolute atomic E-state index is 14.7. The van der Waals surface area contributed by atoms with Crippen LogP contribution in [-0.4, -0.2) is 0 Å². The fourth-order valence-corrected chi connectivity index (χ4v) is 2.62. The molecule has 4 nitrogen and oxygen atoms in total. The lowest BCUT2D eigenvalue weighted by Crippen LogP contribution is -2.35. The molecule has 1 unspecified atom stereocenters. The molecule has 1 aromatic rings. The number of hydrogen-bond acceptors (Lipinski definition) is 4. The van der Waals surface area contributed by atoms with Crippen LogP contribution in [0.15, 0.2) is 82.6 Å². The van der Waals surface area contributed by atoms with Crippen molar-refractivity contribution in [2.75, 3.05) is 0 Å². The highest BCUT2D eigenvalue weighted by molar-refractivity contribution is 6.32. The minimum Gasteiger partial charge on any atom is -0.389 e. The Kier molecular flexibility index (Phi) is 5.92. The summed E-state index contributed by atoms with van der Waals surface area (Å²) in [7, 11) is 0. The first-order valence-corrected chi connectivity index (χ1v) is 7.91. The van der Waals surface area contributed by atoms with E-state index in [0.717, 1.165) is 6.08 Å². The summed E-state index contributed by atoms with van der Waals surface area (Å²) in [6.07, 6.45) is 1.72. The molecule has 1 aliphatic rings. The van der Waals surface area contributed by atoms with Crippen LogP contribution in [0.3, 0.4) is 0 Å². The van der Waals surface area contributed by atoms with Crippen LogP contribution in [0, 0.1) is 11.3 Å². The highest BCUT2D eigenvalue weighted by atomic mass is 35.5. The van der Waals surface area contributed by atoms with Gasteiger partial charge in [-0.2, -0.15) is 5.26 Å². The van der Waals surface area contributed by atoms with Crippen molar-refractivity contribution >= 4 is 23.2 Å². The molecule has 0 spiro atoms. The van der Waals surface area contributed by atoms with Crippen LogP contribution in [0.25, 0.3) is 0 Å². The molecule has 1 aliphatic heterocycles. The van der Waals surface area contributed by atoms with Gasteiger partial charge in [0.2, 0.25) is 0 Å². The zero-order valence-corrected chi connectivity index (χ0v) is 14.6. The van der Waals surface area contributed by atoms with Crippen LogP contribution in [0.5, 0.6) is 0 Å². The van der Waals surface area contributed by atoms with Gasteiger partial charge < -0.3 is 16.4 Å². The average Bonchev–Trinajstić information content (AvgIpc) is 2.59. The van der Waals surface area contributed by atoms with Crippen LogP contribution >= 0.6 is 23.2 Å². The second-order valence-electron chi connectivity index (χ2n) is 5.08. The van der Waals surface area contributed by atoms with Crippen LogP contribution in [0.1, 0.15) is 17.3 Å². The number of rotatable bonds is 3. The van der Waals surface area contributed by atoms with Gasteiger partial charge in [-0.15, -0.1) is 0 Å². The first-order chi connectivity index (χ1) is 11.9. The summed E-state index contributed by atoms with van der Waals surface area (Å²) in [6, 6.07) is 8.97. The zero-order valence-electron chi connectivity index (χ0n) is 13.1. The molecular weight excluding hydrogens is 362 g/mol. The maximum atomic E-state index is 14.7. The van der Waals surface area contributed by atoms with Crippen LogP contribution in [0.4, 0.5) is 4.39 Å². The van der Waals surface area contributed by atoms with Gasteiger partial charge in [0, 0.05) is 16.8 Å². The van der Waals surface area contributed by atoms with Gasteiger partial charge in [0.05, 0.1) is 22.4 Å². The van der Waals surface area contributed by atoms with Crippen LogP contribution in [0.2, 0.25) is 0 Å². The van der Waals surface area contributed by atoms with Gasteiger partial charge in [0.25, 0.3) is 0 Å². The summed E-state index contributed by atoms with van der Waals surface area (Å²) in [6.45, 7) is 7.39. The Morgan fingerprint density at radius 3 is 2.64 bits per heavy atom. The summed E-state index contributed by atoms with van der Waals surface area (Å²) >= 11 is 11.9. The Hall–Kier alpha value is -2.68. The molecule has 0 aliphatic carbocycles. The van der Waals surface area contributed by atoms with Crippen molar-refractivity contribution in [2.24, 2.45) is 5.73 Å². The lowest BCUT2D eigenvalue weighted by Gasteiger charge is -2.28. The predicted molar refractivity (Wildman–Crippen MR) is 98.6 cm³/mol. The standard InChI is InChI=1S/C18H15Cl2FN4/c1-3-12(17(20)23)16-15(21)8-14(19)10(2)24-18(25-16)13-7-5-4-6-11(13)9-22/h3-8,18,24-25H,1-2,23H2/b14-8+,16-15+,17-12+. The number of nitrogens with zero attached hydrogens (tertiary/aromatic N) is 1. The summed E-state index contributed by atoms with van der Waals surface area (Å²) < 4.78 is 14.7. The van der Waals surface area contributed by atoms with Gasteiger partial charge in [-0.1, -0.05) is 60.6 Å². The summed E-state index contributed by atoms with van der Waals surface area (Å²) in [5, 5.41) is 15.3. The Morgan fingerprint density at radius 1 is 1.36 bits per heavy atom. The monoisotopic (exact) mass is 376 g/mol. The van der Waals surface area contributed by atoms with Gasteiger partial charge >= 0.3 is 0 Å². The molecule has 0 bridgehead atoms. The highest BCUT2D eigenvalue weighted by Gasteiger charge is 2.23. The van der Waals surface area contributed by atoms with E-state index in [1.54, 1.807) is 24.3 Å². The number of benzene rings is 1. The molecule has 4 N–H and O–H groups in total. The van der Waals surface area contributed by atoms with E-state index in [0.29, 0.717) is 16.8 Å². The molecule has 1 aromatic carbocycles. The number of nitrogens with two attached hydrogens (primary N) is 1. The Labute approximate surface area is 155 Å². The second-order valence-corrected chi connectivity index (χ2v) is 5.89. The normalized spacial score (nSPS) is 23.7. The largest absolute Gasteiger partial charge is 0.389 e. The first kappa shape index (κ1) is 18.7. The number of allylic oxidation sites excluding steroid dienone is 4. The van der Waals surface area contributed by atoms with Crippen molar-refractivity contribution in [3.05, 3.63) is 93.7 Å². The van der Waals surface area contributed by atoms with E-state index >= 15 is 0 Å². The second kappa shape index (κ2) is 7.93. The van der Waals surface area contributed by atoms with Gasteiger partial charge in [0.15, 0.2) is 0 Å². The molecule has 0 fully saturated rings. The topological polar surface area (TPSA) is 73.9 Å². The van der Waals surface area contributed by atoms with Crippen molar-refractivity contribution in [3.63, 3.8) is 0 Å². The molecule has 1 atom stereocenters. The lowest BCUT2D eigenvalue weighted by atomic mass is 10.0. The molecule has 0 aromatic heterocycles. The molecule has 0 saturated carbocycles. The predicted octanol–water partition coefficient (Wildman–Crippen LogP) is 4.16. The van der Waals surface area contributed by atoms with Crippen LogP contribution < -0.4 is 16.4 Å². The number of nitrogens with one attached hydrogen (secondary N) is 2. The minimum atomic E-state index is -0.697. The molecule has 0 amide bonds. The van der Waals surface area contributed by atoms with E-state index in [4.69, 9.17) is 28.9 Å². The Bertz CT molecular complexity index is 858. The zero-order chi connectivity index (χ0) is 18.6. The average molecular weight is 377 g/mol. The van der Waals surface area contributed by atoms with Crippen molar-refractivity contribution in [1.82, 2.24) is 10.6 Å². The molecular formula is C18H15Cl2FN4. The highest BCUT2D eigenvalue weighted by Crippen LogP contribution is 2.29. The fraction of sp³-hybridized carbons (Fsp3) is 0.0556.